The molecule has 1 aliphatic rings. The van der Waals surface area contributed by atoms with Crippen LogP contribution in [0.3, 0.4) is 0 Å². The van der Waals surface area contributed by atoms with Crippen molar-refractivity contribution >= 4 is 17.5 Å². The summed E-state index contributed by atoms with van der Waals surface area (Å²) in [7, 11) is 3.33. The van der Waals surface area contributed by atoms with Crippen molar-refractivity contribution in [2.75, 3.05) is 19.4 Å². The molecule has 1 unspecified atom stereocenters. The van der Waals surface area contributed by atoms with E-state index in [2.05, 4.69) is 16.0 Å². The lowest BCUT2D eigenvalue weighted by Crippen LogP contribution is -2.33. The SMILES string of the molecule is CNC(=O)C(NC)c1ccc2c(c1)CC(=O)N2. The van der Waals surface area contributed by atoms with E-state index in [1.54, 1.807) is 14.1 Å². The molecule has 1 aromatic rings. The van der Waals surface area contributed by atoms with Crippen LogP contribution in [0.4, 0.5) is 5.69 Å². The van der Waals surface area contributed by atoms with Crippen LogP contribution < -0.4 is 16.0 Å². The van der Waals surface area contributed by atoms with Gasteiger partial charge in [0.05, 0.1) is 6.42 Å². The van der Waals surface area contributed by atoms with Crippen molar-refractivity contribution in [3.8, 4) is 0 Å². The maximum Gasteiger partial charge on any atom is 0.241 e. The van der Waals surface area contributed by atoms with E-state index in [1.807, 2.05) is 18.2 Å². The highest BCUT2D eigenvalue weighted by Gasteiger charge is 2.22. The molecule has 1 aromatic carbocycles. The highest BCUT2D eigenvalue weighted by molar-refractivity contribution is 5.99. The fourth-order valence-corrected chi connectivity index (χ4v) is 2.02. The number of hydrogen-bond acceptors (Lipinski definition) is 3. The molecule has 0 saturated carbocycles. The quantitative estimate of drug-likeness (QED) is 0.698. The van der Waals surface area contributed by atoms with Gasteiger partial charge in [0.1, 0.15) is 6.04 Å². The Morgan fingerprint density at radius 1 is 1.41 bits per heavy atom. The molecule has 1 atom stereocenters. The van der Waals surface area contributed by atoms with Crippen molar-refractivity contribution in [3.05, 3.63) is 29.3 Å². The zero-order valence-corrected chi connectivity index (χ0v) is 9.83. The number of amides is 2. The number of benzene rings is 1. The summed E-state index contributed by atoms with van der Waals surface area (Å²) in [5.74, 6) is -0.0946. The Morgan fingerprint density at radius 2 is 2.18 bits per heavy atom. The second kappa shape index (κ2) is 4.55. The van der Waals surface area contributed by atoms with Gasteiger partial charge in [-0.2, -0.15) is 0 Å². The second-order valence-electron chi connectivity index (χ2n) is 3.98. The van der Waals surface area contributed by atoms with Crippen LogP contribution in [0.25, 0.3) is 0 Å². The molecular formula is C12H15N3O2. The van der Waals surface area contributed by atoms with Crippen LogP contribution in [0, 0.1) is 0 Å². The summed E-state index contributed by atoms with van der Waals surface area (Å²) in [6.45, 7) is 0. The highest BCUT2D eigenvalue weighted by Crippen LogP contribution is 2.26. The van der Waals surface area contributed by atoms with Crippen LogP contribution in [0.1, 0.15) is 17.2 Å². The van der Waals surface area contributed by atoms with Gasteiger partial charge in [0.25, 0.3) is 0 Å². The molecule has 0 bridgehead atoms. The van der Waals surface area contributed by atoms with Gasteiger partial charge in [-0.15, -0.1) is 0 Å². The van der Waals surface area contributed by atoms with Crippen LogP contribution in [0.15, 0.2) is 18.2 Å². The van der Waals surface area contributed by atoms with E-state index in [9.17, 15) is 9.59 Å². The minimum Gasteiger partial charge on any atom is -0.358 e. The fourth-order valence-electron chi connectivity index (χ4n) is 2.02. The van der Waals surface area contributed by atoms with Gasteiger partial charge in [-0.25, -0.2) is 0 Å². The summed E-state index contributed by atoms with van der Waals surface area (Å²) in [6, 6.07) is 5.19. The van der Waals surface area contributed by atoms with Gasteiger partial charge in [-0.3, -0.25) is 9.59 Å². The third-order valence-electron chi connectivity index (χ3n) is 2.88. The standard InChI is InChI=1S/C12H15N3O2/c1-13-11(12(17)14-2)7-3-4-9-8(5-7)6-10(16)15-9/h3-5,11,13H,6H2,1-2H3,(H,14,17)(H,15,16). The number of rotatable bonds is 3. The maximum absolute atomic E-state index is 11.7. The number of fused-ring (bicyclic) bond motifs is 1. The van der Waals surface area contributed by atoms with Crippen molar-refractivity contribution in [3.63, 3.8) is 0 Å². The summed E-state index contributed by atoms with van der Waals surface area (Å²) in [6.07, 6.45) is 0.382. The van der Waals surface area contributed by atoms with Crippen LogP contribution in [0.5, 0.6) is 0 Å². The first-order valence-electron chi connectivity index (χ1n) is 5.47. The predicted octanol–water partition coefficient (Wildman–Crippen LogP) is 0.188. The maximum atomic E-state index is 11.7. The van der Waals surface area contributed by atoms with Gasteiger partial charge in [-0.1, -0.05) is 12.1 Å². The van der Waals surface area contributed by atoms with Crippen molar-refractivity contribution in [1.29, 1.82) is 0 Å². The number of hydrogen-bond donors (Lipinski definition) is 3. The van der Waals surface area contributed by atoms with Crippen LogP contribution in [0.2, 0.25) is 0 Å². The van der Waals surface area contributed by atoms with Crippen LogP contribution in [-0.2, 0) is 16.0 Å². The lowest BCUT2D eigenvalue weighted by molar-refractivity contribution is -0.122. The molecule has 0 saturated heterocycles. The first kappa shape index (κ1) is 11.6. The lowest BCUT2D eigenvalue weighted by Gasteiger charge is -2.15. The molecule has 0 aromatic heterocycles. The molecule has 0 radical (unpaired) electrons. The van der Waals surface area contributed by atoms with Gasteiger partial charge in [0.2, 0.25) is 11.8 Å². The summed E-state index contributed by atoms with van der Waals surface area (Å²) in [4.78, 5) is 22.9. The van der Waals surface area contributed by atoms with Crippen molar-refractivity contribution in [1.82, 2.24) is 10.6 Å². The summed E-state index contributed by atoms with van der Waals surface area (Å²) < 4.78 is 0. The van der Waals surface area contributed by atoms with Crippen LogP contribution >= 0.6 is 0 Å². The average Bonchev–Trinajstić information content (AvgIpc) is 2.69. The largest absolute Gasteiger partial charge is 0.358 e. The Morgan fingerprint density at radius 3 is 2.82 bits per heavy atom. The summed E-state index contributed by atoms with van der Waals surface area (Å²) in [5.41, 5.74) is 2.64. The Kier molecular flexibility index (Phi) is 3.10. The van der Waals surface area contributed by atoms with E-state index in [0.29, 0.717) is 6.42 Å². The minimum absolute atomic E-state index is 0.00176. The number of nitrogens with one attached hydrogen (secondary N) is 3. The molecule has 0 aliphatic carbocycles. The molecule has 1 heterocycles. The Balaban J connectivity index is 2.31. The molecule has 90 valence electrons. The third kappa shape index (κ3) is 2.14. The fraction of sp³-hybridized carbons (Fsp3) is 0.333. The van der Waals surface area contributed by atoms with Crippen molar-refractivity contribution in [2.45, 2.75) is 12.5 Å². The van der Waals surface area contributed by atoms with E-state index in [0.717, 1.165) is 16.8 Å². The number of likely N-dealkylation sites (N-methyl/N-ethyl adjacent to an activating group) is 2. The summed E-state index contributed by atoms with van der Waals surface area (Å²) >= 11 is 0. The van der Waals surface area contributed by atoms with Gasteiger partial charge >= 0.3 is 0 Å². The second-order valence-corrected chi connectivity index (χ2v) is 3.98. The predicted molar refractivity (Wildman–Crippen MR) is 64.6 cm³/mol. The molecule has 5 nitrogen and oxygen atoms in total. The summed E-state index contributed by atoms with van der Waals surface area (Å²) in [5, 5.41) is 8.33. The normalized spacial score (nSPS) is 15.1. The smallest absolute Gasteiger partial charge is 0.241 e. The van der Waals surface area contributed by atoms with Gasteiger partial charge in [0.15, 0.2) is 0 Å². The lowest BCUT2D eigenvalue weighted by atomic mass is 10.0. The Labute approximate surface area is 99.6 Å². The molecular weight excluding hydrogens is 218 g/mol. The third-order valence-corrected chi connectivity index (χ3v) is 2.88. The van der Waals surface area contributed by atoms with Crippen molar-refractivity contribution in [2.24, 2.45) is 0 Å². The molecule has 2 amide bonds. The Bertz CT molecular complexity index is 471. The highest BCUT2D eigenvalue weighted by atomic mass is 16.2. The minimum atomic E-state index is -0.388. The molecule has 0 fully saturated rings. The first-order valence-corrected chi connectivity index (χ1v) is 5.47. The molecule has 1 aliphatic heterocycles. The van der Waals surface area contributed by atoms with Gasteiger partial charge in [0, 0.05) is 12.7 Å². The average molecular weight is 233 g/mol. The molecule has 0 spiro atoms. The Hall–Kier alpha value is -1.88. The molecule has 5 heteroatoms. The zero-order chi connectivity index (χ0) is 12.4. The first-order chi connectivity index (χ1) is 8.15. The number of carbonyl (C=O) groups excluding carboxylic acids is 2. The van der Waals surface area contributed by atoms with Gasteiger partial charge < -0.3 is 16.0 Å². The number of anilines is 1. The monoisotopic (exact) mass is 233 g/mol. The molecule has 3 N–H and O–H groups in total. The van der Waals surface area contributed by atoms with E-state index in [1.165, 1.54) is 0 Å². The van der Waals surface area contributed by atoms with E-state index in [4.69, 9.17) is 0 Å². The number of carbonyl (C=O) groups is 2. The van der Waals surface area contributed by atoms with Crippen molar-refractivity contribution < 1.29 is 9.59 Å². The zero-order valence-electron chi connectivity index (χ0n) is 9.83. The van der Waals surface area contributed by atoms with Crippen LogP contribution in [-0.4, -0.2) is 25.9 Å². The van der Waals surface area contributed by atoms with E-state index in [-0.39, 0.29) is 17.9 Å². The molecule has 2 rings (SSSR count). The van der Waals surface area contributed by atoms with E-state index >= 15 is 0 Å². The topological polar surface area (TPSA) is 70.2 Å². The van der Waals surface area contributed by atoms with E-state index < -0.39 is 0 Å². The van der Waals surface area contributed by atoms with Gasteiger partial charge in [-0.05, 0) is 24.2 Å². The molecule has 17 heavy (non-hydrogen) atoms.